The molecule has 0 aliphatic rings. The van der Waals surface area contributed by atoms with Crippen molar-refractivity contribution < 1.29 is 44.1 Å². The van der Waals surface area contributed by atoms with Crippen molar-refractivity contribution in [3.8, 4) is 0 Å². The Balaban J connectivity index is 5.53. The topological polar surface area (TPSA) is 225 Å². The van der Waals surface area contributed by atoms with E-state index in [1.807, 2.05) is 0 Å². The maximum atomic E-state index is 12.9. The van der Waals surface area contributed by atoms with E-state index in [1.165, 1.54) is 11.8 Å². The van der Waals surface area contributed by atoms with Crippen LogP contribution in [0.2, 0.25) is 0 Å². The highest BCUT2D eigenvalue weighted by molar-refractivity contribution is 7.98. The highest BCUT2D eigenvalue weighted by Gasteiger charge is 2.31. The molecule has 0 spiro atoms. The van der Waals surface area contributed by atoms with E-state index >= 15 is 0 Å². The smallest absolute Gasteiger partial charge is 0.326 e. The zero-order valence-electron chi connectivity index (χ0n) is 19.4. The standard InChI is InChI=1S/C20H34N4O9S/c1-10(2)16(21)19(31)23-11(4-6-14(25)26)17(29)22-12(8-9-34-3)18(30)24-13(20(32)33)5-7-15(27)28/h10-13,16H,4-9,21H2,1-3H3,(H,22,29)(H,23,31)(H,24,30)(H,25,26)(H,27,28)(H,32,33). The van der Waals surface area contributed by atoms with Gasteiger partial charge in [-0.1, -0.05) is 13.8 Å². The average molecular weight is 507 g/mol. The van der Waals surface area contributed by atoms with Gasteiger partial charge < -0.3 is 37.0 Å². The summed E-state index contributed by atoms with van der Waals surface area (Å²) >= 11 is 1.36. The van der Waals surface area contributed by atoms with Crippen molar-refractivity contribution >= 4 is 47.4 Å². The molecule has 14 heteroatoms. The van der Waals surface area contributed by atoms with E-state index in [0.717, 1.165) is 0 Å². The number of nitrogens with two attached hydrogens (primary N) is 1. The molecule has 0 radical (unpaired) electrons. The maximum absolute atomic E-state index is 12.9. The van der Waals surface area contributed by atoms with Crippen LogP contribution >= 0.6 is 11.8 Å². The predicted molar refractivity (Wildman–Crippen MR) is 123 cm³/mol. The largest absolute Gasteiger partial charge is 0.481 e. The average Bonchev–Trinajstić information content (AvgIpc) is 2.74. The van der Waals surface area contributed by atoms with Gasteiger partial charge in [0.1, 0.15) is 18.1 Å². The molecule has 0 aromatic rings. The minimum atomic E-state index is -1.48. The fourth-order valence-electron chi connectivity index (χ4n) is 2.68. The van der Waals surface area contributed by atoms with Crippen molar-refractivity contribution in [3.63, 3.8) is 0 Å². The first-order valence-corrected chi connectivity index (χ1v) is 12.0. The van der Waals surface area contributed by atoms with Crippen molar-refractivity contribution in [1.82, 2.24) is 16.0 Å². The van der Waals surface area contributed by atoms with Crippen molar-refractivity contribution in [2.24, 2.45) is 11.7 Å². The van der Waals surface area contributed by atoms with Crippen LogP contribution in [0, 0.1) is 5.92 Å². The third-order valence-corrected chi connectivity index (χ3v) is 5.45. The number of carboxylic acids is 3. The van der Waals surface area contributed by atoms with Crippen molar-refractivity contribution in [1.29, 1.82) is 0 Å². The fraction of sp³-hybridized carbons (Fsp3) is 0.700. The number of carboxylic acid groups (broad SMARTS) is 3. The zero-order chi connectivity index (χ0) is 26.4. The van der Waals surface area contributed by atoms with Gasteiger partial charge in [-0.15, -0.1) is 0 Å². The SMILES string of the molecule is CSCCC(NC(=O)C(CCC(=O)O)NC(=O)C(N)C(C)C)C(=O)NC(CCC(=O)O)C(=O)O. The lowest BCUT2D eigenvalue weighted by molar-refractivity contribution is -0.143. The Bertz CT molecular complexity index is 748. The monoisotopic (exact) mass is 506 g/mol. The van der Waals surface area contributed by atoms with E-state index in [2.05, 4.69) is 16.0 Å². The van der Waals surface area contributed by atoms with Crippen LogP contribution in [0.5, 0.6) is 0 Å². The summed E-state index contributed by atoms with van der Waals surface area (Å²) in [6, 6.07) is -4.92. The second kappa shape index (κ2) is 15.9. The summed E-state index contributed by atoms with van der Waals surface area (Å²) < 4.78 is 0. The number of carbonyl (C=O) groups excluding carboxylic acids is 3. The van der Waals surface area contributed by atoms with Crippen molar-refractivity contribution in [2.45, 2.75) is 70.1 Å². The molecule has 8 N–H and O–H groups in total. The summed E-state index contributed by atoms with van der Waals surface area (Å²) in [5.41, 5.74) is 5.79. The quantitative estimate of drug-likeness (QED) is 0.126. The number of carbonyl (C=O) groups is 6. The first-order chi connectivity index (χ1) is 15.8. The summed E-state index contributed by atoms with van der Waals surface area (Å²) in [7, 11) is 0. The normalized spacial score (nSPS) is 14.4. The van der Waals surface area contributed by atoms with Gasteiger partial charge >= 0.3 is 17.9 Å². The third kappa shape index (κ3) is 12.4. The summed E-state index contributed by atoms with van der Waals surface area (Å²) in [5, 5.41) is 34.1. The molecule has 0 bridgehead atoms. The minimum Gasteiger partial charge on any atom is -0.481 e. The Morgan fingerprint density at radius 3 is 1.56 bits per heavy atom. The molecule has 0 rings (SSSR count). The lowest BCUT2D eigenvalue weighted by Gasteiger charge is -2.25. The molecule has 0 heterocycles. The summed E-state index contributed by atoms with van der Waals surface area (Å²) in [6.07, 6.45) is 0.322. The molecule has 4 atom stereocenters. The van der Waals surface area contributed by atoms with Crippen LogP contribution in [0.25, 0.3) is 0 Å². The van der Waals surface area contributed by atoms with Gasteiger partial charge in [0.15, 0.2) is 0 Å². The summed E-state index contributed by atoms with van der Waals surface area (Å²) in [6.45, 7) is 3.39. The number of nitrogens with one attached hydrogen (secondary N) is 3. The second-order valence-electron chi connectivity index (χ2n) is 7.94. The third-order valence-electron chi connectivity index (χ3n) is 4.81. The minimum absolute atomic E-state index is 0.106. The number of hydrogen-bond acceptors (Lipinski definition) is 8. The second-order valence-corrected chi connectivity index (χ2v) is 8.92. The van der Waals surface area contributed by atoms with Crippen molar-refractivity contribution in [3.05, 3.63) is 0 Å². The highest BCUT2D eigenvalue weighted by Crippen LogP contribution is 2.07. The van der Waals surface area contributed by atoms with Gasteiger partial charge in [-0.05, 0) is 37.2 Å². The Morgan fingerprint density at radius 2 is 1.15 bits per heavy atom. The zero-order valence-corrected chi connectivity index (χ0v) is 20.2. The lowest BCUT2D eigenvalue weighted by atomic mass is 10.0. The van der Waals surface area contributed by atoms with Crippen molar-refractivity contribution in [2.75, 3.05) is 12.0 Å². The van der Waals surface area contributed by atoms with Gasteiger partial charge in [0, 0.05) is 12.8 Å². The van der Waals surface area contributed by atoms with Gasteiger partial charge in [0.25, 0.3) is 0 Å². The van der Waals surface area contributed by atoms with E-state index < -0.39 is 72.6 Å². The molecule has 0 fully saturated rings. The molecule has 0 saturated heterocycles. The highest BCUT2D eigenvalue weighted by atomic mass is 32.2. The van der Waals surface area contributed by atoms with E-state index in [0.29, 0.717) is 5.75 Å². The van der Waals surface area contributed by atoms with Crippen LogP contribution in [0.3, 0.4) is 0 Å². The molecule has 3 amide bonds. The molecule has 0 aromatic carbocycles. The first-order valence-electron chi connectivity index (χ1n) is 10.6. The van der Waals surface area contributed by atoms with Crippen LogP contribution in [-0.4, -0.2) is 87.1 Å². The van der Waals surface area contributed by atoms with Gasteiger partial charge in [-0.25, -0.2) is 4.79 Å². The van der Waals surface area contributed by atoms with E-state index in [1.54, 1.807) is 20.1 Å². The van der Waals surface area contributed by atoms with Crippen LogP contribution in [0.4, 0.5) is 0 Å². The molecule has 13 nitrogen and oxygen atoms in total. The molecular weight excluding hydrogens is 472 g/mol. The van der Waals surface area contributed by atoms with Gasteiger partial charge in [-0.2, -0.15) is 11.8 Å². The lowest BCUT2D eigenvalue weighted by Crippen LogP contribution is -2.57. The number of aliphatic carboxylic acids is 3. The van der Waals surface area contributed by atoms with Gasteiger partial charge in [0.2, 0.25) is 17.7 Å². The summed E-state index contributed by atoms with van der Waals surface area (Å²) in [5.74, 6) is -6.03. The number of hydrogen-bond donors (Lipinski definition) is 7. The molecule has 0 saturated carbocycles. The molecule has 34 heavy (non-hydrogen) atoms. The van der Waals surface area contributed by atoms with Crippen LogP contribution in [0.15, 0.2) is 0 Å². The van der Waals surface area contributed by atoms with Crippen LogP contribution < -0.4 is 21.7 Å². The Labute approximate surface area is 201 Å². The van der Waals surface area contributed by atoms with Crippen LogP contribution in [-0.2, 0) is 28.8 Å². The fourth-order valence-corrected chi connectivity index (χ4v) is 3.15. The molecule has 194 valence electrons. The van der Waals surface area contributed by atoms with E-state index in [9.17, 15) is 33.9 Å². The number of amides is 3. The first kappa shape index (κ1) is 31.1. The Hall–Kier alpha value is -2.87. The maximum Gasteiger partial charge on any atom is 0.326 e. The van der Waals surface area contributed by atoms with E-state index in [-0.39, 0.29) is 25.2 Å². The number of rotatable bonds is 17. The predicted octanol–water partition coefficient (Wildman–Crippen LogP) is -1.01. The molecule has 0 aromatic heterocycles. The Kier molecular flexibility index (Phi) is 14.5. The number of thioether (sulfide) groups is 1. The molecule has 0 aliphatic carbocycles. The molecule has 0 aliphatic heterocycles. The summed E-state index contributed by atoms with van der Waals surface area (Å²) in [4.78, 5) is 71.0. The van der Waals surface area contributed by atoms with Gasteiger partial charge in [-0.3, -0.25) is 24.0 Å². The van der Waals surface area contributed by atoms with Gasteiger partial charge in [0.05, 0.1) is 6.04 Å². The van der Waals surface area contributed by atoms with Crippen LogP contribution in [0.1, 0.15) is 46.0 Å². The molecular formula is C20H34N4O9S. The Morgan fingerprint density at radius 1 is 0.735 bits per heavy atom. The molecule has 4 unspecified atom stereocenters. The van der Waals surface area contributed by atoms with E-state index in [4.69, 9.17) is 15.9 Å².